The number of nitrogens with two attached hydrogens (primary N) is 1. The first-order valence-corrected chi connectivity index (χ1v) is 5.59. The second-order valence-corrected chi connectivity index (χ2v) is 4.22. The van der Waals surface area contributed by atoms with Gasteiger partial charge in [0.1, 0.15) is 5.82 Å². The number of hydrogen-bond acceptors (Lipinski definition) is 3. The molecule has 0 saturated carbocycles. The molecule has 2 aromatic rings. The molecule has 0 aliphatic rings. The summed E-state index contributed by atoms with van der Waals surface area (Å²) in [6.07, 6.45) is -2.97. The van der Waals surface area contributed by atoms with Crippen molar-refractivity contribution in [3.63, 3.8) is 0 Å². The second kappa shape index (κ2) is 4.97. The number of aromatic nitrogens is 1. The summed E-state index contributed by atoms with van der Waals surface area (Å²) in [6.45, 7) is 0. The zero-order valence-electron chi connectivity index (χ0n) is 9.50. The minimum atomic E-state index is -4.46. The Balaban J connectivity index is 2.36. The molecular weight excluding hydrogens is 279 g/mol. The molecular formula is C12H9ClF3N3. The van der Waals surface area contributed by atoms with Gasteiger partial charge in [0, 0.05) is 16.9 Å². The maximum atomic E-state index is 12.6. The second-order valence-electron chi connectivity index (χ2n) is 3.79. The molecule has 2 rings (SSSR count). The van der Waals surface area contributed by atoms with E-state index in [1.54, 1.807) is 12.1 Å². The Hall–Kier alpha value is -1.95. The van der Waals surface area contributed by atoms with Gasteiger partial charge in [-0.15, -0.1) is 0 Å². The van der Waals surface area contributed by atoms with Crippen LogP contribution < -0.4 is 11.1 Å². The minimum absolute atomic E-state index is 0.0141. The van der Waals surface area contributed by atoms with Gasteiger partial charge in [0.15, 0.2) is 0 Å². The van der Waals surface area contributed by atoms with Crippen molar-refractivity contribution in [2.75, 3.05) is 11.1 Å². The van der Waals surface area contributed by atoms with Crippen LogP contribution in [0.1, 0.15) is 5.56 Å². The fourth-order valence-corrected chi connectivity index (χ4v) is 1.74. The van der Waals surface area contributed by atoms with E-state index in [0.717, 1.165) is 12.1 Å². The Morgan fingerprint density at radius 1 is 1.21 bits per heavy atom. The van der Waals surface area contributed by atoms with Crippen LogP contribution in [-0.4, -0.2) is 4.98 Å². The smallest absolute Gasteiger partial charge is 0.382 e. The van der Waals surface area contributed by atoms with Gasteiger partial charge in [0.2, 0.25) is 0 Å². The molecule has 0 bridgehead atoms. The van der Waals surface area contributed by atoms with Gasteiger partial charge in [-0.3, -0.25) is 0 Å². The van der Waals surface area contributed by atoms with Crippen LogP contribution in [0.4, 0.5) is 30.4 Å². The number of anilines is 3. The normalized spacial score (nSPS) is 11.4. The predicted molar refractivity (Wildman–Crippen MR) is 68.4 cm³/mol. The molecule has 0 atom stereocenters. The molecule has 1 aromatic carbocycles. The number of pyridine rings is 1. The van der Waals surface area contributed by atoms with Crippen LogP contribution >= 0.6 is 11.6 Å². The molecule has 7 heteroatoms. The van der Waals surface area contributed by atoms with Gasteiger partial charge in [-0.1, -0.05) is 11.6 Å². The average molecular weight is 288 g/mol. The zero-order chi connectivity index (χ0) is 14.0. The highest BCUT2D eigenvalue weighted by atomic mass is 35.5. The number of nitrogens with one attached hydrogen (secondary N) is 1. The first kappa shape index (κ1) is 13.5. The van der Waals surface area contributed by atoms with Crippen LogP contribution in [0.3, 0.4) is 0 Å². The van der Waals surface area contributed by atoms with E-state index in [9.17, 15) is 13.2 Å². The number of nitrogens with zero attached hydrogens (tertiary/aromatic N) is 1. The molecule has 0 saturated heterocycles. The minimum Gasteiger partial charge on any atom is -0.382 e. The molecule has 0 amide bonds. The van der Waals surface area contributed by atoms with Crippen LogP contribution in [-0.2, 0) is 6.18 Å². The number of benzene rings is 1. The summed E-state index contributed by atoms with van der Waals surface area (Å²) in [5.41, 5.74) is 5.38. The summed E-state index contributed by atoms with van der Waals surface area (Å²) in [6, 6.07) is 6.42. The third-order valence-corrected chi connectivity index (χ3v) is 2.56. The molecule has 3 nitrogen and oxygen atoms in total. The highest BCUT2D eigenvalue weighted by Gasteiger charge is 2.31. The van der Waals surface area contributed by atoms with Crippen molar-refractivity contribution in [3.05, 3.63) is 47.1 Å². The Bertz CT molecular complexity index is 599. The monoisotopic (exact) mass is 287 g/mol. The lowest BCUT2D eigenvalue weighted by atomic mass is 10.2. The van der Waals surface area contributed by atoms with Crippen molar-refractivity contribution in [3.8, 4) is 0 Å². The highest BCUT2D eigenvalue weighted by molar-refractivity contribution is 6.31. The fraction of sp³-hybridized carbons (Fsp3) is 0.0833. The molecule has 1 aromatic heterocycles. The third-order valence-electron chi connectivity index (χ3n) is 2.34. The average Bonchev–Trinajstić information content (AvgIpc) is 2.30. The van der Waals surface area contributed by atoms with E-state index in [2.05, 4.69) is 10.3 Å². The molecule has 0 radical (unpaired) electrons. The highest BCUT2D eigenvalue weighted by Crippen LogP contribution is 2.34. The largest absolute Gasteiger partial charge is 0.416 e. The summed E-state index contributed by atoms with van der Waals surface area (Å²) in [5.74, 6) is 0.191. The zero-order valence-corrected chi connectivity index (χ0v) is 10.3. The summed E-state index contributed by atoms with van der Waals surface area (Å²) in [5, 5.41) is 2.74. The first-order chi connectivity index (χ1) is 8.86. The Labute approximate surface area is 112 Å². The van der Waals surface area contributed by atoms with E-state index in [-0.39, 0.29) is 16.5 Å². The van der Waals surface area contributed by atoms with Gasteiger partial charge in [0.25, 0.3) is 0 Å². The van der Waals surface area contributed by atoms with Gasteiger partial charge in [-0.05, 0) is 30.3 Å². The lowest BCUT2D eigenvalue weighted by molar-refractivity contribution is -0.137. The number of rotatable bonds is 2. The van der Waals surface area contributed by atoms with Crippen molar-refractivity contribution in [1.29, 1.82) is 0 Å². The SMILES string of the molecule is Nc1ncccc1Nc1cc(Cl)cc(C(F)(F)F)c1. The summed E-state index contributed by atoms with van der Waals surface area (Å²) in [4.78, 5) is 3.83. The third kappa shape index (κ3) is 3.29. The van der Waals surface area contributed by atoms with E-state index >= 15 is 0 Å². The quantitative estimate of drug-likeness (QED) is 0.875. The fourth-order valence-electron chi connectivity index (χ4n) is 1.50. The Morgan fingerprint density at radius 3 is 2.58 bits per heavy atom. The van der Waals surface area contributed by atoms with E-state index in [1.807, 2.05) is 0 Å². The van der Waals surface area contributed by atoms with Crippen LogP contribution in [0.2, 0.25) is 5.02 Å². The van der Waals surface area contributed by atoms with E-state index in [1.165, 1.54) is 12.3 Å². The Kier molecular flexibility index (Phi) is 3.53. The number of hydrogen-bond donors (Lipinski definition) is 2. The molecule has 100 valence electrons. The van der Waals surface area contributed by atoms with Crippen LogP contribution in [0, 0.1) is 0 Å². The maximum absolute atomic E-state index is 12.6. The van der Waals surface area contributed by atoms with Crippen molar-refractivity contribution in [2.45, 2.75) is 6.18 Å². The van der Waals surface area contributed by atoms with Gasteiger partial charge in [-0.2, -0.15) is 13.2 Å². The molecule has 19 heavy (non-hydrogen) atoms. The van der Waals surface area contributed by atoms with Crippen molar-refractivity contribution >= 4 is 28.8 Å². The first-order valence-electron chi connectivity index (χ1n) is 5.21. The van der Waals surface area contributed by atoms with Gasteiger partial charge in [0.05, 0.1) is 11.3 Å². The molecule has 0 fully saturated rings. The van der Waals surface area contributed by atoms with Gasteiger partial charge in [-0.25, -0.2) is 4.98 Å². The maximum Gasteiger partial charge on any atom is 0.416 e. The van der Waals surface area contributed by atoms with Crippen molar-refractivity contribution in [2.24, 2.45) is 0 Å². The molecule has 0 aliphatic carbocycles. The summed E-state index contributed by atoms with van der Waals surface area (Å²) < 4.78 is 37.9. The van der Waals surface area contributed by atoms with E-state index in [4.69, 9.17) is 17.3 Å². The predicted octanol–water partition coefficient (Wildman–Crippen LogP) is 4.08. The Morgan fingerprint density at radius 2 is 1.95 bits per heavy atom. The number of nitrogen functional groups attached to an aromatic ring is 1. The lowest BCUT2D eigenvalue weighted by Gasteiger charge is -2.12. The number of halogens is 4. The molecule has 0 spiro atoms. The lowest BCUT2D eigenvalue weighted by Crippen LogP contribution is -2.06. The topological polar surface area (TPSA) is 50.9 Å². The van der Waals surface area contributed by atoms with Crippen molar-refractivity contribution in [1.82, 2.24) is 4.98 Å². The van der Waals surface area contributed by atoms with Crippen LogP contribution in [0.5, 0.6) is 0 Å². The molecule has 0 unspecified atom stereocenters. The summed E-state index contributed by atoms with van der Waals surface area (Å²) in [7, 11) is 0. The van der Waals surface area contributed by atoms with Gasteiger partial charge >= 0.3 is 6.18 Å². The van der Waals surface area contributed by atoms with Crippen LogP contribution in [0.25, 0.3) is 0 Å². The summed E-state index contributed by atoms with van der Waals surface area (Å²) >= 11 is 5.68. The molecule has 1 heterocycles. The van der Waals surface area contributed by atoms with Crippen LogP contribution in [0.15, 0.2) is 36.5 Å². The molecule has 3 N–H and O–H groups in total. The van der Waals surface area contributed by atoms with Gasteiger partial charge < -0.3 is 11.1 Å². The number of alkyl halides is 3. The van der Waals surface area contributed by atoms with E-state index < -0.39 is 11.7 Å². The standard InChI is InChI=1S/C12H9ClF3N3/c13-8-4-7(12(14,15)16)5-9(6-8)19-10-2-1-3-18-11(10)17/h1-6,19H,(H2,17,18). The van der Waals surface area contributed by atoms with E-state index in [0.29, 0.717) is 5.69 Å². The molecule has 0 aliphatic heterocycles. The van der Waals surface area contributed by atoms with Crippen molar-refractivity contribution < 1.29 is 13.2 Å².